The second-order valence-electron chi connectivity index (χ2n) is 3.06. The Morgan fingerprint density at radius 1 is 1.46 bits per heavy atom. The van der Waals surface area contributed by atoms with Crippen LogP contribution in [0.25, 0.3) is 5.65 Å². The molecule has 3 heteroatoms. The van der Waals surface area contributed by atoms with Gasteiger partial charge in [0.2, 0.25) is 0 Å². The van der Waals surface area contributed by atoms with Gasteiger partial charge in [-0.1, -0.05) is 13.0 Å². The average Bonchev–Trinajstić information content (AvgIpc) is 2.44. The third kappa shape index (κ3) is 1.27. The van der Waals surface area contributed by atoms with Crippen LogP contribution in [0.5, 0.6) is 0 Å². The molecule has 2 rings (SSSR count). The molecule has 0 bridgehead atoms. The minimum Gasteiger partial charge on any atom is -0.291 e. The van der Waals surface area contributed by atoms with Crippen molar-refractivity contribution in [2.24, 2.45) is 0 Å². The predicted octanol–water partition coefficient (Wildman–Crippen LogP) is 2.97. The third-order valence-electron chi connectivity index (χ3n) is 2.18. The zero-order valence-electron chi connectivity index (χ0n) is 7.71. The largest absolute Gasteiger partial charge is 0.291 e. The number of nitrogens with zero attached hydrogens (tertiary/aromatic N) is 2. The van der Waals surface area contributed by atoms with Gasteiger partial charge in [0.05, 0.1) is 5.69 Å². The lowest BCUT2D eigenvalue weighted by Gasteiger charge is -1.99. The number of aromatic nitrogens is 2. The number of aryl methyl sites for hydroxylation is 2. The third-order valence-corrected chi connectivity index (χ3v) is 3.00. The first-order valence-electron chi connectivity index (χ1n) is 4.36. The number of rotatable bonds is 1. The fourth-order valence-corrected chi connectivity index (χ4v) is 2.31. The molecular formula is C10H11BrN2. The van der Waals surface area contributed by atoms with Gasteiger partial charge in [-0.2, -0.15) is 0 Å². The number of fused-ring (bicyclic) bond motifs is 1. The topological polar surface area (TPSA) is 17.3 Å². The van der Waals surface area contributed by atoms with Crippen molar-refractivity contribution in [1.29, 1.82) is 0 Å². The molecule has 2 aromatic heterocycles. The summed E-state index contributed by atoms with van der Waals surface area (Å²) in [7, 11) is 0. The highest BCUT2D eigenvalue weighted by molar-refractivity contribution is 9.10. The number of halogens is 1. The van der Waals surface area contributed by atoms with Gasteiger partial charge in [-0.25, -0.2) is 4.98 Å². The lowest BCUT2D eigenvalue weighted by Crippen LogP contribution is -1.89. The number of hydrogen-bond donors (Lipinski definition) is 0. The highest BCUT2D eigenvalue weighted by atomic mass is 79.9. The molecule has 0 aliphatic rings. The van der Waals surface area contributed by atoms with Crippen molar-refractivity contribution < 1.29 is 0 Å². The van der Waals surface area contributed by atoms with Crippen LogP contribution in [0.1, 0.15) is 18.3 Å². The number of imidazole rings is 1. The minimum absolute atomic E-state index is 0.960. The van der Waals surface area contributed by atoms with Crippen molar-refractivity contribution >= 4 is 21.6 Å². The van der Waals surface area contributed by atoms with Crippen molar-refractivity contribution in [3.63, 3.8) is 0 Å². The maximum atomic E-state index is 4.51. The molecular weight excluding hydrogens is 228 g/mol. The first-order chi connectivity index (χ1) is 6.24. The maximum Gasteiger partial charge on any atom is 0.138 e. The van der Waals surface area contributed by atoms with Crippen LogP contribution in [0.4, 0.5) is 0 Å². The Bertz CT molecular complexity index is 445. The van der Waals surface area contributed by atoms with Crippen molar-refractivity contribution in [3.8, 4) is 0 Å². The first kappa shape index (κ1) is 8.75. The van der Waals surface area contributed by atoms with E-state index in [0.29, 0.717) is 0 Å². The highest BCUT2D eigenvalue weighted by Gasteiger charge is 2.08. The molecule has 0 N–H and O–H groups in total. The van der Waals surface area contributed by atoms with Crippen LogP contribution in [0.2, 0.25) is 0 Å². The molecule has 0 unspecified atom stereocenters. The molecule has 13 heavy (non-hydrogen) atoms. The van der Waals surface area contributed by atoms with E-state index in [9.17, 15) is 0 Å². The highest BCUT2D eigenvalue weighted by Crippen LogP contribution is 2.20. The lowest BCUT2D eigenvalue weighted by molar-refractivity contribution is 1.03. The number of hydrogen-bond acceptors (Lipinski definition) is 1. The van der Waals surface area contributed by atoms with E-state index < -0.39 is 0 Å². The summed E-state index contributed by atoms with van der Waals surface area (Å²) in [6.45, 7) is 4.20. The number of pyridine rings is 1. The fraction of sp³-hybridized carbons (Fsp3) is 0.300. The Hall–Kier alpha value is -0.830. The lowest BCUT2D eigenvalue weighted by atomic mass is 10.4. The maximum absolute atomic E-state index is 4.51. The van der Waals surface area contributed by atoms with E-state index in [2.05, 4.69) is 45.2 Å². The molecule has 2 heterocycles. The summed E-state index contributed by atoms with van der Waals surface area (Å²) in [6, 6.07) is 6.14. The summed E-state index contributed by atoms with van der Waals surface area (Å²) in [4.78, 5) is 4.51. The molecule has 0 saturated heterocycles. The Morgan fingerprint density at radius 3 is 2.85 bits per heavy atom. The molecule has 2 aromatic rings. The Kier molecular flexibility index (Phi) is 2.12. The van der Waals surface area contributed by atoms with Gasteiger partial charge in [0.15, 0.2) is 0 Å². The van der Waals surface area contributed by atoms with Crippen LogP contribution in [0.15, 0.2) is 22.8 Å². The Balaban J connectivity index is 2.85. The van der Waals surface area contributed by atoms with Crippen molar-refractivity contribution in [1.82, 2.24) is 9.38 Å². The molecule has 0 saturated carbocycles. The molecule has 0 fully saturated rings. The molecule has 0 aliphatic carbocycles. The van der Waals surface area contributed by atoms with Gasteiger partial charge in [-0.05, 0) is 41.4 Å². The summed E-state index contributed by atoms with van der Waals surface area (Å²) in [6.07, 6.45) is 0.960. The summed E-state index contributed by atoms with van der Waals surface area (Å²) in [5.74, 6) is 0. The molecule has 68 valence electrons. The summed E-state index contributed by atoms with van der Waals surface area (Å²) in [5.41, 5.74) is 3.34. The van der Waals surface area contributed by atoms with E-state index >= 15 is 0 Å². The van der Waals surface area contributed by atoms with Crippen molar-refractivity contribution in [2.45, 2.75) is 20.3 Å². The molecule has 0 amide bonds. The minimum atomic E-state index is 0.960. The second kappa shape index (κ2) is 3.14. The first-order valence-corrected chi connectivity index (χ1v) is 5.15. The van der Waals surface area contributed by atoms with Crippen LogP contribution in [0.3, 0.4) is 0 Å². The summed E-state index contributed by atoms with van der Waals surface area (Å²) >= 11 is 3.56. The molecule has 0 aliphatic heterocycles. The van der Waals surface area contributed by atoms with Gasteiger partial charge in [0, 0.05) is 5.69 Å². The molecule has 0 aromatic carbocycles. The zero-order chi connectivity index (χ0) is 9.42. The molecule has 0 radical (unpaired) electrons. The van der Waals surface area contributed by atoms with Crippen LogP contribution in [0, 0.1) is 6.92 Å². The summed E-state index contributed by atoms with van der Waals surface area (Å²) < 4.78 is 3.21. The van der Waals surface area contributed by atoms with E-state index in [1.807, 2.05) is 12.1 Å². The van der Waals surface area contributed by atoms with E-state index in [1.54, 1.807) is 0 Å². The molecule has 0 spiro atoms. The van der Waals surface area contributed by atoms with E-state index in [0.717, 1.165) is 22.4 Å². The van der Waals surface area contributed by atoms with Gasteiger partial charge in [-0.15, -0.1) is 0 Å². The van der Waals surface area contributed by atoms with Crippen LogP contribution in [-0.4, -0.2) is 9.38 Å². The van der Waals surface area contributed by atoms with Crippen LogP contribution >= 0.6 is 15.9 Å². The van der Waals surface area contributed by atoms with Crippen molar-refractivity contribution in [2.75, 3.05) is 0 Å². The molecule has 2 nitrogen and oxygen atoms in total. The van der Waals surface area contributed by atoms with Gasteiger partial charge in [0.25, 0.3) is 0 Å². The zero-order valence-corrected chi connectivity index (χ0v) is 9.30. The molecule has 0 atom stereocenters. The SMILES string of the molecule is CCc1nc2cccc(C)n2c1Br. The summed E-state index contributed by atoms with van der Waals surface area (Å²) in [5, 5.41) is 0. The van der Waals surface area contributed by atoms with Gasteiger partial charge >= 0.3 is 0 Å². The average molecular weight is 239 g/mol. The quantitative estimate of drug-likeness (QED) is 0.747. The monoisotopic (exact) mass is 238 g/mol. The van der Waals surface area contributed by atoms with Gasteiger partial charge < -0.3 is 0 Å². The van der Waals surface area contributed by atoms with E-state index in [1.165, 1.54) is 5.69 Å². The fourth-order valence-electron chi connectivity index (χ4n) is 1.48. The van der Waals surface area contributed by atoms with Crippen LogP contribution < -0.4 is 0 Å². The standard InChI is InChI=1S/C10H11BrN2/c1-3-8-10(11)13-7(2)5-4-6-9(13)12-8/h4-6H,3H2,1-2H3. The predicted molar refractivity (Wildman–Crippen MR) is 57.0 cm³/mol. The van der Waals surface area contributed by atoms with Crippen molar-refractivity contribution in [3.05, 3.63) is 34.2 Å². The van der Waals surface area contributed by atoms with E-state index in [-0.39, 0.29) is 0 Å². The second-order valence-corrected chi connectivity index (χ2v) is 3.81. The Labute approximate surface area is 85.7 Å². The normalized spacial score (nSPS) is 11.0. The van der Waals surface area contributed by atoms with Gasteiger partial charge in [-0.3, -0.25) is 4.40 Å². The van der Waals surface area contributed by atoms with Gasteiger partial charge in [0.1, 0.15) is 10.3 Å². The Morgan fingerprint density at radius 2 is 2.23 bits per heavy atom. The smallest absolute Gasteiger partial charge is 0.138 e. The van der Waals surface area contributed by atoms with E-state index in [4.69, 9.17) is 0 Å². The van der Waals surface area contributed by atoms with Crippen LogP contribution in [-0.2, 0) is 6.42 Å².